The molecule has 2 aromatic rings. The maximum Gasteiger partial charge on any atom is 0.291 e. The number of nitro groups is 1. The molecule has 5 heteroatoms. The first-order chi connectivity index (χ1) is 8.22. The van der Waals surface area contributed by atoms with Crippen LogP contribution in [0.15, 0.2) is 42.6 Å². The third-order valence-corrected chi connectivity index (χ3v) is 2.32. The minimum Gasteiger partial charge on any atom is -0.494 e. The smallest absolute Gasteiger partial charge is 0.291 e. The predicted octanol–water partition coefficient (Wildman–Crippen LogP) is 2.67. The van der Waals surface area contributed by atoms with Gasteiger partial charge in [0.1, 0.15) is 11.9 Å². The monoisotopic (exact) mass is 230 g/mol. The average Bonchev–Trinajstić information content (AvgIpc) is 2.39. The van der Waals surface area contributed by atoms with Gasteiger partial charge in [0.25, 0.3) is 5.69 Å². The van der Waals surface area contributed by atoms with E-state index >= 15 is 0 Å². The van der Waals surface area contributed by atoms with E-state index in [4.69, 9.17) is 4.74 Å². The van der Waals surface area contributed by atoms with Gasteiger partial charge in [-0.25, -0.2) is 4.98 Å². The molecule has 17 heavy (non-hydrogen) atoms. The van der Waals surface area contributed by atoms with Crippen LogP contribution in [0.5, 0.6) is 5.75 Å². The van der Waals surface area contributed by atoms with E-state index in [1.54, 1.807) is 0 Å². The van der Waals surface area contributed by atoms with Crippen molar-refractivity contribution >= 4 is 5.69 Å². The molecule has 5 nitrogen and oxygen atoms in total. The van der Waals surface area contributed by atoms with Gasteiger partial charge < -0.3 is 4.74 Å². The van der Waals surface area contributed by atoms with Crippen LogP contribution in [0.2, 0.25) is 0 Å². The number of benzene rings is 1. The van der Waals surface area contributed by atoms with Crippen molar-refractivity contribution in [1.82, 2.24) is 4.98 Å². The highest BCUT2D eigenvalue weighted by Gasteiger charge is 2.13. The van der Waals surface area contributed by atoms with Crippen LogP contribution in [-0.2, 0) is 0 Å². The zero-order valence-corrected chi connectivity index (χ0v) is 9.16. The molecule has 1 heterocycles. The number of pyridine rings is 1. The lowest BCUT2D eigenvalue weighted by Gasteiger charge is -2.06. The van der Waals surface area contributed by atoms with Crippen molar-refractivity contribution < 1.29 is 9.66 Å². The van der Waals surface area contributed by atoms with Crippen LogP contribution < -0.4 is 4.74 Å². The van der Waals surface area contributed by atoms with Gasteiger partial charge in [0, 0.05) is 5.56 Å². The molecule has 0 aliphatic heterocycles. The van der Waals surface area contributed by atoms with E-state index in [-0.39, 0.29) is 5.69 Å². The molecule has 0 fully saturated rings. The average molecular weight is 230 g/mol. The second kappa shape index (κ2) is 4.61. The highest BCUT2D eigenvalue weighted by Crippen LogP contribution is 2.30. The topological polar surface area (TPSA) is 65.3 Å². The Labute approximate surface area is 97.8 Å². The Bertz CT molecular complexity index is 541. The van der Waals surface area contributed by atoms with Crippen molar-refractivity contribution in [1.29, 1.82) is 0 Å². The lowest BCUT2D eigenvalue weighted by atomic mass is 10.1. The van der Waals surface area contributed by atoms with Gasteiger partial charge in [-0.2, -0.15) is 0 Å². The van der Waals surface area contributed by atoms with Crippen LogP contribution in [0.3, 0.4) is 0 Å². The van der Waals surface area contributed by atoms with Crippen LogP contribution in [0, 0.1) is 10.1 Å². The summed E-state index contributed by atoms with van der Waals surface area (Å²) in [6.45, 7) is 0. The van der Waals surface area contributed by atoms with E-state index in [1.165, 1.54) is 19.4 Å². The Morgan fingerprint density at radius 3 is 2.59 bits per heavy atom. The van der Waals surface area contributed by atoms with E-state index in [2.05, 4.69) is 4.98 Å². The minimum atomic E-state index is -0.496. The molecule has 0 unspecified atom stereocenters. The predicted molar refractivity (Wildman–Crippen MR) is 62.9 cm³/mol. The third-order valence-electron chi connectivity index (χ3n) is 2.32. The van der Waals surface area contributed by atoms with Crippen molar-refractivity contribution in [2.24, 2.45) is 0 Å². The molecule has 0 spiro atoms. The van der Waals surface area contributed by atoms with E-state index in [0.29, 0.717) is 11.4 Å². The lowest BCUT2D eigenvalue weighted by molar-refractivity contribution is -0.385. The summed E-state index contributed by atoms with van der Waals surface area (Å²) in [4.78, 5) is 14.2. The normalized spacial score (nSPS) is 9.94. The van der Waals surface area contributed by atoms with Gasteiger partial charge in [0.05, 0.1) is 18.1 Å². The molecule has 0 amide bonds. The zero-order chi connectivity index (χ0) is 12.3. The van der Waals surface area contributed by atoms with Crippen LogP contribution in [0.25, 0.3) is 11.3 Å². The number of methoxy groups -OCH3 is 1. The summed E-state index contributed by atoms with van der Waals surface area (Å²) in [6, 6.07) is 10.7. The summed E-state index contributed by atoms with van der Waals surface area (Å²) < 4.78 is 5.12. The summed E-state index contributed by atoms with van der Waals surface area (Å²) in [5, 5.41) is 10.6. The zero-order valence-electron chi connectivity index (χ0n) is 9.16. The Kier molecular flexibility index (Phi) is 3.00. The fourth-order valence-corrected chi connectivity index (χ4v) is 1.50. The molecular formula is C12H10N2O3. The highest BCUT2D eigenvalue weighted by molar-refractivity contribution is 5.67. The van der Waals surface area contributed by atoms with Gasteiger partial charge in [0.15, 0.2) is 5.75 Å². The molecule has 0 radical (unpaired) electrons. The van der Waals surface area contributed by atoms with E-state index < -0.39 is 4.92 Å². The Morgan fingerprint density at radius 1 is 1.29 bits per heavy atom. The number of hydrogen-bond acceptors (Lipinski definition) is 4. The SMILES string of the molecule is COc1cc([N+](=O)[O-])cnc1-c1ccccc1. The van der Waals surface area contributed by atoms with Crippen molar-refractivity contribution in [3.8, 4) is 17.0 Å². The molecule has 0 aliphatic rings. The number of rotatable bonds is 3. The molecule has 0 saturated carbocycles. The van der Waals surface area contributed by atoms with Crippen LogP contribution >= 0.6 is 0 Å². The first-order valence-electron chi connectivity index (χ1n) is 4.96. The quantitative estimate of drug-likeness (QED) is 0.600. The molecule has 0 aliphatic carbocycles. The molecule has 0 bridgehead atoms. The second-order valence-electron chi connectivity index (χ2n) is 3.37. The summed E-state index contributed by atoms with van der Waals surface area (Å²) >= 11 is 0. The van der Waals surface area contributed by atoms with Crippen LogP contribution in [0.1, 0.15) is 0 Å². The largest absolute Gasteiger partial charge is 0.494 e. The fourth-order valence-electron chi connectivity index (χ4n) is 1.50. The molecule has 2 rings (SSSR count). The van der Waals surface area contributed by atoms with Gasteiger partial charge in [-0.05, 0) is 0 Å². The Hall–Kier alpha value is -2.43. The van der Waals surface area contributed by atoms with E-state index in [0.717, 1.165) is 5.56 Å². The minimum absolute atomic E-state index is 0.0819. The molecule has 1 aromatic heterocycles. The highest BCUT2D eigenvalue weighted by atomic mass is 16.6. The Morgan fingerprint density at radius 2 is 2.00 bits per heavy atom. The van der Waals surface area contributed by atoms with Crippen LogP contribution in [-0.4, -0.2) is 17.0 Å². The molecular weight excluding hydrogens is 220 g/mol. The second-order valence-corrected chi connectivity index (χ2v) is 3.37. The van der Waals surface area contributed by atoms with Crippen LogP contribution in [0.4, 0.5) is 5.69 Å². The molecule has 0 N–H and O–H groups in total. The third kappa shape index (κ3) is 2.23. The summed E-state index contributed by atoms with van der Waals surface area (Å²) in [6.07, 6.45) is 1.23. The Balaban J connectivity index is 2.52. The molecule has 0 saturated heterocycles. The standard InChI is InChI=1S/C12H10N2O3/c1-17-11-7-10(14(15)16)8-13-12(11)9-5-3-2-4-6-9/h2-8H,1H3. The molecule has 1 aromatic carbocycles. The van der Waals surface area contributed by atoms with Crippen molar-refractivity contribution in [3.63, 3.8) is 0 Å². The molecule has 86 valence electrons. The maximum absolute atomic E-state index is 10.6. The summed E-state index contributed by atoms with van der Waals surface area (Å²) in [5.74, 6) is 0.394. The van der Waals surface area contributed by atoms with Gasteiger partial charge >= 0.3 is 0 Å². The number of nitrogens with zero attached hydrogens (tertiary/aromatic N) is 2. The summed E-state index contributed by atoms with van der Waals surface area (Å²) in [5.41, 5.74) is 1.37. The van der Waals surface area contributed by atoms with Gasteiger partial charge in [-0.1, -0.05) is 30.3 Å². The fraction of sp³-hybridized carbons (Fsp3) is 0.0833. The number of hydrogen-bond donors (Lipinski definition) is 0. The van der Waals surface area contributed by atoms with Gasteiger partial charge in [-0.3, -0.25) is 10.1 Å². The lowest BCUT2D eigenvalue weighted by Crippen LogP contribution is -1.95. The van der Waals surface area contributed by atoms with Gasteiger partial charge in [0.2, 0.25) is 0 Å². The van der Waals surface area contributed by atoms with Crippen molar-refractivity contribution in [2.75, 3.05) is 7.11 Å². The molecule has 0 atom stereocenters. The van der Waals surface area contributed by atoms with E-state index in [1.807, 2.05) is 30.3 Å². The van der Waals surface area contributed by atoms with E-state index in [9.17, 15) is 10.1 Å². The van der Waals surface area contributed by atoms with Crippen molar-refractivity contribution in [3.05, 3.63) is 52.7 Å². The summed E-state index contributed by atoms with van der Waals surface area (Å²) in [7, 11) is 1.47. The number of ether oxygens (including phenoxy) is 1. The first-order valence-corrected chi connectivity index (χ1v) is 4.96. The maximum atomic E-state index is 10.6. The number of aromatic nitrogens is 1. The van der Waals surface area contributed by atoms with Crippen molar-refractivity contribution in [2.45, 2.75) is 0 Å². The first kappa shape index (κ1) is 11.1. The van der Waals surface area contributed by atoms with Gasteiger partial charge in [-0.15, -0.1) is 0 Å².